The lowest BCUT2D eigenvalue weighted by Gasteiger charge is -2.10. The Bertz CT molecular complexity index is 829. The summed E-state index contributed by atoms with van der Waals surface area (Å²) < 4.78 is 15.3. The number of pyridine rings is 1. The summed E-state index contributed by atoms with van der Waals surface area (Å²) >= 11 is 11.5. The number of carbonyl (C=O) groups excluding carboxylic acids is 2. The summed E-state index contributed by atoms with van der Waals surface area (Å²) in [4.78, 5) is 27.4. The second kappa shape index (κ2) is 9.99. The third-order valence-electron chi connectivity index (χ3n) is 3.55. The molecule has 2 rings (SSSR count). The highest BCUT2D eigenvalue weighted by Crippen LogP contribution is 2.27. The van der Waals surface area contributed by atoms with E-state index in [9.17, 15) is 9.59 Å². The van der Waals surface area contributed by atoms with E-state index in [-0.39, 0.29) is 15.7 Å². The summed E-state index contributed by atoms with van der Waals surface area (Å²) in [5, 5.41) is 2.89. The zero-order valence-electron chi connectivity index (χ0n) is 14.8. The van der Waals surface area contributed by atoms with Crippen molar-refractivity contribution < 1.29 is 23.8 Å². The van der Waals surface area contributed by atoms with Gasteiger partial charge in [0.2, 0.25) is 0 Å². The first-order valence-electron chi connectivity index (χ1n) is 7.90. The lowest BCUT2D eigenvalue weighted by Crippen LogP contribution is -2.30. The summed E-state index contributed by atoms with van der Waals surface area (Å²) in [7, 11) is 3.12. The Morgan fingerprint density at radius 1 is 1.11 bits per heavy atom. The van der Waals surface area contributed by atoms with Crippen molar-refractivity contribution >= 4 is 35.1 Å². The number of hydrogen-bond acceptors (Lipinski definition) is 6. The lowest BCUT2D eigenvalue weighted by atomic mass is 10.1. The second-order valence-electron chi connectivity index (χ2n) is 5.36. The van der Waals surface area contributed by atoms with Crippen LogP contribution in [0.5, 0.6) is 11.5 Å². The predicted octanol–water partition coefficient (Wildman–Crippen LogP) is 2.92. The Hall–Kier alpha value is -2.51. The van der Waals surface area contributed by atoms with Crippen LogP contribution >= 0.6 is 23.2 Å². The molecule has 0 bridgehead atoms. The van der Waals surface area contributed by atoms with Crippen LogP contribution in [-0.4, -0.2) is 44.2 Å². The van der Waals surface area contributed by atoms with Gasteiger partial charge in [0.1, 0.15) is 5.15 Å². The van der Waals surface area contributed by atoms with Gasteiger partial charge in [-0.2, -0.15) is 0 Å². The number of nitrogens with one attached hydrogen (secondary N) is 1. The largest absolute Gasteiger partial charge is 0.493 e. The van der Waals surface area contributed by atoms with Gasteiger partial charge in [-0.15, -0.1) is 0 Å². The first kappa shape index (κ1) is 20.8. The minimum Gasteiger partial charge on any atom is -0.493 e. The maximum atomic E-state index is 11.9. The smallest absolute Gasteiger partial charge is 0.340 e. The van der Waals surface area contributed by atoms with Gasteiger partial charge in [-0.25, -0.2) is 9.78 Å². The van der Waals surface area contributed by atoms with Crippen LogP contribution < -0.4 is 14.8 Å². The van der Waals surface area contributed by atoms with E-state index in [1.165, 1.54) is 12.3 Å². The fourth-order valence-electron chi connectivity index (χ4n) is 2.18. The fraction of sp³-hybridized carbons (Fsp3) is 0.278. The molecule has 27 heavy (non-hydrogen) atoms. The standard InChI is InChI=1S/C18H18Cl2N2O5/c1-25-14-4-3-11(7-15(14)26-2)5-6-21-16(23)10-27-18(24)12-8-13(19)17(20)22-9-12/h3-4,7-9H,5-6,10H2,1-2H3,(H,21,23). The molecule has 0 fully saturated rings. The van der Waals surface area contributed by atoms with E-state index < -0.39 is 18.5 Å². The van der Waals surface area contributed by atoms with Gasteiger partial charge in [0.15, 0.2) is 18.1 Å². The summed E-state index contributed by atoms with van der Waals surface area (Å²) in [6.07, 6.45) is 1.81. The zero-order valence-corrected chi connectivity index (χ0v) is 16.3. The maximum absolute atomic E-state index is 11.9. The van der Waals surface area contributed by atoms with Gasteiger partial charge < -0.3 is 19.5 Å². The number of benzene rings is 1. The number of esters is 1. The van der Waals surface area contributed by atoms with Gasteiger partial charge in [-0.05, 0) is 30.2 Å². The van der Waals surface area contributed by atoms with E-state index in [1.54, 1.807) is 20.3 Å². The average molecular weight is 413 g/mol. The molecule has 0 spiro atoms. The van der Waals surface area contributed by atoms with Gasteiger partial charge in [0.25, 0.3) is 5.91 Å². The Kier molecular flexibility index (Phi) is 7.69. The topological polar surface area (TPSA) is 86.8 Å². The molecule has 1 aromatic heterocycles. The Labute approximate surface area is 166 Å². The van der Waals surface area contributed by atoms with E-state index in [2.05, 4.69) is 10.3 Å². The molecular formula is C18H18Cl2N2O5. The molecule has 1 aromatic carbocycles. The number of methoxy groups -OCH3 is 2. The van der Waals surface area contributed by atoms with Gasteiger partial charge in [-0.1, -0.05) is 29.3 Å². The second-order valence-corrected chi connectivity index (χ2v) is 6.13. The normalized spacial score (nSPS) is 10.2. The number of ether oxygens (including phenoxy) is 3. The van der Waals surface area contributed by atoms with Crippen molar-refractivity contribution in [3.8, 4) is 11.5 Å². The van der Waals surface area contributed by atoms with Gasteiger partial charge in [0, 0.05) is 12.7 Å². The number of amides is 1. The van der Waals surface area contributed by atoms with Crippen molar-refractivity contribution in [2.75, 3.05) is 27.4 Å². The summed E-state index contributed by atoms with van der Waals surface area (Å²) in [6, 6.07) is 6.84. The van der Waals surface area contributed by atoms with Crippen LogP contribution in [0.1, 0.15) is 15.9 Å². The van der Waals surface area contributed by atoms with Gasteiger partial charge in [0.05, 0.1) is 24.8 Å². The molecule has 0 radical (unpaired) electrons. The molecule has 0 aliphatic heterocycles. The molecular weight excluding hydrogens is 395 g/mol. The number of rotatable bonds is 8. The van der Waals surface area contributed by atoms with Crippen LogP contribution in [0.4, 0.5) is 0 Å². The minimum absolute atomic E-state index is 0.0844. The molecule has 0 aliphatic rings. The summed E-state index contributed by atoms with van der Waals surface area (Å²) in [5.74, 6) is 0.118. The molecule has 1 heterocycles. The van der Waals surface area contributed by atoms with E-state index >= 15 is 0 Å². The molecule has 1 amide bonds. The number of hydrogen-bond donors (Lipinski definition) is 1. The van der Waals surface area contributed by atoms with Crippen LogP contribution in [0.15, 0.2) is 30.5 Å². The first-order valence-corrected chi connectivity index (χ1v) is 8.66. The molecule has 7 nitrogen and oxygen atoms in total. The molecule has 0 atom stereocenters. The molecule has 144 valence electrons. The highest BCUT2D eigenvalue weighted by molar-refractivity contribution is 6.41. The van der Waals surface area contributed by atoms with Crippen molar-refractivity contribution in [1.82, 2.24) is 10.3 Å². The number of carbonyl (C=O) groups is 2. The maximum Gasteiger partial charge on any atom is 0.340 e. The molecule has 0 saturated carbocycles. The van der Waals surface area contributed by atoms with E-state index in [1.807, 2.05) is 12.1 Å². The van der Waals surface area contributed by atoms with Gasteiger partial charge >= 0.3 is 5.97 Å². The quantitative estimate of drug-likeness (QED) is 0.529. The summed E-state index contributed by atoms with van der Waals surface area (Å²) in [5.41, 5.74) is 1.08. The van der Waals surface area contributed by atoms with Crippen molar-refractivity contribution in [2.45, 2.75) is 6.42 Å². The molecule has 1 N–H and O–H groups in total. The molecule has 0 saturated heterocycles. The molecule has 0 aliphatic carbocycles. The van der Waals surface area contributed by atoms with Crippen LogP contribution in [0.3, 0.4) is 0 Å². The monoisotopic (exact) mass is 412 g/mol. The molecule has 2 aromatic rings. The van der Waals surface area contributed by atoms with Crippen LogP contribution in [0.25, 0.3) is 0 Å². The van der Waals surface area contributed by atoms with Crippen LogP contribution in [0, 0.1) is 0 Å². The third-order valence-corrected chi connectivity index (χ3v) is 4.24. The highest BCUT2D eigenvalue weighted by atomic mass is 35.5. The first-order chi connectivity index (χ1) is 12.9. The molecule has 0 unspecified atom stereocenters. The minimum atomic E-state index is -0.712. The number of halogens is 2. The van der Waals surface area contributed by atoms with Crippen molar-refractivity contribution in [1.29, 1.82) is 0 Å². The van der Waals surface area contributed by atoms with Gasteiger partial charge in [-0.3, -0.25) is 4.79 Å². The number of aromatic nitrogens is 1. The Morgan fingerprint density at radius 3 is 2.52 bits per heavy atom. The number of nitrogens with zero attached hydrogens (tertiary/aromatic N) is 1. The van der Waals surface area contributed by atoms with E-state index in [0.717, 1.165) is 5.56 Å². The van der Waals surface area contributed by atoms with E-state index in [4.69, 9.17) is 37.4 Å². The predicted molar refractivity (Wildman–Crippen MR) is 101 cm³/mol. The Morgan fingerprint density at radius 2 is 1.85 bits per heavy atom. The zero-order chi connectivity index (χ0) is 19.8. The highest BCUT2D eigenvalue weighted by Gasteiger charge is 2.12. The average Bonchev–Trinajstić information content (AvgIpc) is 2.68. The molecule has 9 heteroatoms. The van der Waals surface area contributed by atoms with Crippen molar-refractivity contribution in [3.05, 3.63) is 51.8 Å². The SMILES string of the molecule is COc1ccc(CCNC(=O)COC(=O)c2cnc(Cl)c(Cl)c2)cc1OC. The van der Waals surface area contributed by atoms with E-state index in [0.29, 0.717) is 24.5 Å². The lowest BCUT2D eigenvalue weighted by molar-refractivity contribution is -0.124. The Balaban J connectivity index is 1.77. The summed E-state index contributed by atoms with van der Waals surface area (Å²) in [6.45, 7) is -0.0365. The van der Waals surface area contributed by atoms with Crippen molar-refractivity contribution in [2.24, 2.45) is 0 Å². The third kappa shape index (κ3) is 6.01. The fourth-order valence-corrected chi connectivity index (χ4v) is 2.45. The van der Waals surface area contributed by atoms with Crippen LogP contribution in [-0.2, 0) is 16.0 Å². The van der Waals surface area contributed by atoms with Crippen molar-refractivity contribution in [3.63, 3.8) is 0 Å². The van der Waals surface area contributed by atoms with Crippen LogP contribution in [0.2, 0.25) is 10.2 Å².